The minimum Gasteiger partial charge on any atom is -0.293 e. The Morgan fingerprint density at radius 3 is 2.00 bits per heavy atom. The SMILES string of the molecule is O=C(CSc1nnc2c3c4c(sc3n3c(SCC(=O)c5ccccc5)nnc3n12)CCCC4)c1ccccc1. The van der Waals surface area contributed by atoms with Crippen LogP contribution in [-0.2, 0) is 12.8 Å². The van der Waals surface area contributed by atoms with Crippen molar-refractivity contribution in [2.24, 2.45) is 0 Å². The van der Waals surface area contributed by atoms with Gasteiger partial charge in [-0.1, -0.05) is 84.2 Å². The second-order valence-electron chi connectivity index (χ2n) is 9.31. The highest BCUT2D eigenvalue weighted by Gasteiger charge is 2.26. The van der Waals surface area contributed by atoms with E-state index in [0.717, 1.165) is 35.1 Å². The summed E-state index contributed by atoms with van der Waals surface area (Å²) in [4.78, 5) is 28.1. The largest absolute Gasteiger partial charge is 0.293 e. The van der Waals surface area contributed by atoms with Crippen molar-refractivity contribution < 1.29 is 9.59 Å². The summed E-state index contributed by atoms with van der Waals surface area (Å²) < 4.78 is 3.96. The second kappa shape index (κ2) is 10.2. The summed E-state index contributed by atoms with van der Waals surface area (Å²) in [5.41, 5.74) is 3.42. The van der Waals surface area contributed by atoms with E-state index in [9.17, 15) is 9.59 Å². The Kier molecular flexibility index (Phi) is 6.42. The quantitative estimate of drug-likeness (QED) is 0.167. The molecule has 2 aromatic carbocycles. The lowest BCUT2D eigenvalue weighted by molar-refractivity contribution is 0.101. The Hall–Kier alpha value is -3.54. The van der Waals surface area contributed by atoms with Crippen LogP contribution < -0.4 is 0 Å². The molecule has 0 saturated carbocycles. The van der Waals surface area contributed by atoms with Crippen LogP contribution in [0.15, 0.2) is 71.0 Å². The molecule has 0 bridgehead atoms. The summed E-state index contributed by atoms with van der Waals surface area (Å²) in [5.74, 6) is 1.15. The average molecular weight is 571 g/mol. The topological polar surface area (TPSA) is 94.5 Å². The zero-order chi connectivity index (χ0) is 26.3. The summed E-state index contributed by atoms with van der Waals surface area (Å²) in [6.45, 7) is 0. The number of fused-ring (bicyclic) bond motifs is 8. The van der Waals surface area contributed by atoms with Gasteiger partial charge in [0.25, 0.3) is 0 Å². The molecule has 0 unspecified atom stereocenters. The van der Waals surface area contributed by atoms with Gasteiger partial charge in [0.1, 0.15) is 4.83 Å². The lowest BCUT2D eigenvalue weighted by Gasteiger charge is -2.10. The molecule has 4 heterocycles. The van der Waals surface area contributed by atoms with Gasteiger partial charge in [0.15, 0.2) is 27.5 Å². The number of Topliss-reactive ketones (excluding diaryl/α,β-unsaturated/α-hetero) is 2. The summed E-state index contributed by atoms with van der Waals surface area (Å²) in [6.07, 6.45) is 4.35. The molecule has 7 rings (SSSR count). The van der Waals surface area contributed by atoms with E-state index in [-0.39, 0.29) is 23.1 Å². The molecule has 1 aliphatic rings. The predicted molar refractivity (Wildman–Crippen MR) is 155 cm³/mol. The monoisotopic (exact) mass is 570 g/mol. The summed E-state index contributed by atoms with van der Waals surface area (Å²) in [7, 11) is 0. The normalized spacial score (nSPS) is 13.3. The molecule has 0 radical (unpaired) electrons. The zero-order valence-electron chi connectivity index (χ0n) is 20.7. The van der Waals surface area contributed by atoms with Gasteiger partial charge in [0, 0.05) is 16.0 Å². The molecule has 0 saturated heterocycles. The third-order valence-corrected chi connectivity index (χ3v) is 10.0. The van der Waals surface area contributed by atoms with E-state index in [1.807, 2.05) is 69.5 Å². The second-order valence-corrected chi connectivity index (χ2v) is 12.3. The molecule has 11 heteroatoms. The maximum Gasteiger partial charge on any atom is 0.245 e. The molecule has 0 atom stereocenters. The third-order valence-electron chi connectivity index (χ3n) is 6.89. The number of carbonyl (C=O) groups is 2. The van der Waals surface area contributed by atoms with Crippen LogP contribution in [0.3, 0.4) is 0 Å². The molecular weight excluding hydrogens is 549 g/mol. The first-order valence-electron chi connectivity index (χ1n) is 12.7. The smallest absolute Gasteiger partial charge is 0.245 e. The van der Waals surface area contributed by atoms with Crippen LogP contribution in [0.4, 0.5) is 0 Å². The highest BCUT2D eigenvalue weighted by Crippen LogP contribution is 2.40. The van der Waals surface area contributed by atoms with Crippen molar-refractivity contribution in [3.05, 3.63) is 82.2 Å². The molecule has 0 aliphatic heterocycles. The number of nitrogens with zero attached hydrogens (tertiary/aromatic N) is 6. The van der Waals surface area contributed by atoms with E-state index < -0.39 is 0 Å². The highest BCUT2D eigenvalue weighted by atomic mass is 32.2. The number of aromatic nitrogens is 6. The van der Waals surface area contributed by atoms with Crippen molar-refractivity contribution in [2.75, 3.05) is 11.5 Å². The molecule has 8 nitrogen and oxygen atoms in total. The fourth-order valence-corrected chi connectivity index (χ4v) is 8.09. The molecule has 194 valence electrons. The van der Waals surface area contributed by atoms with E-state index in [2.05, 4.69) is 20.4 Å². The number of ketones is 2. The van der Waals surface area contributed by atoms with Gasteiger partial charge in [-0.15, -0.1) is 31.7 Å². The Morgan fingerprint density at radius 1 is 0.744 bits per heavy atom. The zero-order valence-corrected chi connectivity index (χ0v) is 23.2. The molecule has 6 aromatic rings. The number of thiophene rings is 1. The molecular formula is C28H22N6O2S3. The van der Waals surface area contributed by atoms with Gasteiger partial charge < -0.3 is 0 Å². The molecule has 0 fully saturated rings. The van der Waals surface area contributed by atoms with Crippen LogP contribution in [0.5, 0.6) is 0 Å². The van der Waals surface area contributed by atoms with E-state index >= 15 is 0 Å². The number of hydrogen-bond acceptors (Lipinski definition) is 9. The fourth-order valence-electron chi connectivity index (χ4n) is 5.00. The third kappa shape index (κ3) is 4.34. The summed E-state index contributed by atoms with van der Waals surface area (Å²) in [6, 6.07) is 18.6. The lowest BCUT2D eigenvalue weighted by Crippen LogP contribution is -2.05. The molecule has 1 aliphatic carbocycles. The van der Waals surface area contributed by atoms with Gasteiger partial charge in [-0.2, -0.15) is 0 Å². The van der Waals surface area contributed by atoms with Gasteiger partial charge in [0.2, 0.25) is 5.78 Å². The molecule has 0 spiro atoms. The maximum atomic E-state index is 12.9. The van der Waals surface area contributed by atoms with E-state index in [1.54, 1.807) is 11.3 Å². The number of carbonyl (C=O) groups excluding carboxylic acids is 2. The van der Waals surface area contributed by atoms with Crippen LogP contribution >= 0.6 is 34.9 Å². The molecule has 0 N–H and O–H groups in total. The number of rotatable bonds is 8. The van der Waals surface area contributed by atoms with E-state index in [1.165, 1.54) is 40.4 Å². The van der Waals surface area contributed by atoms with Crippen LogP contribution in [0.1, 0.15) is 44.0 Å². The maximum absolute atomic E-state index is 12.9. The van der Waals surface area contributed by atoms with Crippen molar-refractivity contribution in [3.63, 3.8) is 0 Å². The van der Waals surface area contributed by atoms with Crippen molar-refractivity contribution in [2.45, 2.75) is 36.0 Å². The van der Waals surface area contributed by atoms with Gasteiger partial charge in [0.05, 0.1) is 16.9 Å². The molecule has 39 heavy (non-hydrogen) atoms. The first-order valence-corrected chi connectivity index (χ1v) is 15.5. The Labute approximate surface area is 235 Å². The van der Waals surface area contributed by atoms with Gasteiger partial charge in [-0.25, -0.2) is 8.80 Å². The standard InChI is InChI=1S/C28H22N6O2S3/c35-20(17-9-3-1-4-10-17)15-37-27-31-29-24-23-19-13-7-8-14-22(19)39-25(23)34-26(33(24)27)30-32-28(34)38-16-21(36)18-11-5-2-6-12-18/h1-6,9-12H,7-8,13-16H2. The van der Waals surface area contributed by atoms with Crippen LogP contribution in [0.2, 0.25) is 0 Å². The minimum atomic E-state index is 0.0273. The summed E-state index contributed by atoms with van der Waals surface area (Å²) >= 11 is 4.49. The lowest BCUT2D eigenvalue weighted by atomic mass is 9.97. The first kappa shape index (κ1) is 24.5. The van der Waals surface area contributed by atoms with Crippen LogP contribution in [0, 0.1) is 0 Å². The van der Waals surface area contributed by atoms with Gasteiger partial charge in [-0.05, 0) is 31.2 Å². The van der Waals surface area contributed by atoms with Gasteiger partial charge in [-0.3, -0.25) is 9.59 Å². The van der Waals surface area contributed by atoms with Crippen LogP contribution in [0.25, 0.3) is 21.6 Å². The van der Waals surface area contributed by atoms with Crippen molar-refractivity contribution in [1.29, 1.82) is 0 Å². The predicted octanol–water partition coefficient (Wildman–Crippen LogP) is 5.82. The Balaban J connectivity index is 1.32. The van der Waals surface area contributed by atoms with Gasteiger partial charge >= 0.3 is 0 Å². The molecule has 0 amide bonds. The van der Waals surface area contributed by atoms with E-state index in [4.69, 9.17) is 0 Å². The number of benzene rings is 2. The Morgan fingerprint density at radius 2 is 1.33 bits per heavy atom. The van der Waals surface area contributed by atoms with E-state index in [0.29, 0.717) is 27.2 Å². The number of thioether (sulfide) groups is 2. The van der Waals surface area contributed by atoms with Crippen molar-refractivity contribution in [1.82, 2.24) is 29.2 Å². The van der Waals surface area contributed by atoms with Crippen LogP contribution in [-0.4, -0.2) is 52.3 Å². The molecule has 4 aromatic heterocycles. The highest BCUT2D eigenvalue weighted by molar-refractivity contribution is 8.00. The first-order chi connectivity index (χ1) is 19.2. The minimum absolute atomic E-state index is 0.0273. The number of aryl methyl sites for hydroxylation is 2. The number of hydrogen-bond donors (Lipinski definition) is 0. The average Bonchev–Trinajstić information content (AvgIpc) is 3.70. The van der Waals surface area contributed by atoms with Crippen molar-refractivity contribution in [3.8, 4) is 0 Å². The van der Waals surface area contributed by atoms with Crippen molar-refractivity contribution >= 4 is 68.1 Å². The Bertz CT molecular complexity index is 1860. The fraction of sp³-hybridized carbons (Fsp3) is 0.214. The summed E-state index contributed by atoms with van der Waals surface area (Å²) in [5, 5.41) is 20.5.